The van der Waals surface area contributed by atoms with Crippen molar-refractivity contribution in [2.24, 2.45) is 7.05 Å². The van der Waals surface area contributed by atoms with E-state index >= 15 is 0 Å². The lowest BCUT2D eigenvalue weighted by Crippen LogP contribution is -2.05. The molecule has 0 aliphatic rings. The van der Waals surface area contributed by atoms with Crippen LogP contribution in [0.5, 0.6) is 0 Å². The van der Waals surface area contributed by atoms with Gasteiger partial charge in [0.05, 0.1) is 0 Å². The van der Waals surface area contributed by atoms with E-state index < -0.39 is 17.4 Å². The Bertz CT molecular complexity index is 331. The van der Waals surface area contributed by atoms with Gasteiger partial charge in [0.1, 0.15) is 11.6 Å². The number of nitriles is 1. The van der Waals surface area contributed by atoms with Crippen LogP contribution >= 0.6 is 0 Å². The largest absolute Gasteiger partial charge is 0.420 e. The highest BCUT2D eigenvalue weighted by Gasteiger charge is 2.35. The summed E-state index contributed by atoms with van der Waals surface area (Å²) >= 11 is 0. The topological polar surface area (TPSA) is 41.6 Å². The molecular formula is C6H4F3N3. The third-order valence-electron chi connectivity index (χ3n) is 1.24. The lowest BCUT2D eigenvalue weighted by molar-refractivity contribution is -0.137. The molecule has 0 spiro atoms. The van der Waals surface area contributed by atoms with E-state index in [-0.39, 0.29) is 0 Å². The Hall–Kier alpha value is -1.51. The zero-order chi connectivity index (χ0) is 9.35. The second-order valence-electron chi connectivity index (χ2n) is 2.17. The minimum Gasteiger partial charge on any atom is -0.274 e. The zero-order valence-corrected chi connectivity index (χ0v) is 6.05. The fraction of sp³-hybridized carbons (Fsp3) is 0.333. The normalized spacial score (nSPS) is 11.2. The van der Waals surface area contributed by atoms with Crippen molar-refractivity contribution in [3.63, 3.8) is 0 Å². The molecular weight excluding hydrogens is 171 g/mol. The summed E-state index contributed by atoms with van der Waals surface area (Å²) in [6.45, 7) is 0. The summed E-state index contributed by atoms with van der Waals surface area (Å²) in [5.74, 6) is 0. The number of aromatic nitrogens is 2. The van der Waals surface area contributed by atoms with Crippen LogP contribution in [-0.2, 0) is 13.2 Å². The molecule has 12 heavy (non-hydrogen) atoms. The van der Waals surface area contributed by atoms with Gasteiger partial charge in [-0.25, -0.2) is 0 Å². The second-order valence-corrected chi connectivity index (χ2v) is 2.17. The first kappa shape index (κ1) is 8.59. The van der Waals surface area contributed by atoms with E-state index in [1.165, 1.54) is 13.1 Å². The van der Waals surface area contributed by atoms with Crippen molar-refractivity contribution in [2.75, 3.05) is 0 Å². The molecule has 0 amide bonds. The molecule has 0 N–H and O–H groups in total. The summed E-state index contributed by atoms with van der Waals surface area (Å²) < 4.78 is 37.1. The molecule has 0 atom stereocenters. The van der Waals surface area contributed by atoms with Gasteiger partial charge >= 0.3 is 6.18 Å². The molecule has 0 unspecified atom stereocenters. The summed E-state index contributed by atoms with van der Waals surface area (Å²) in [5, 5.41) is 11.6. The fourth-order valence-corrected chi connectivity index (χ4v) is 0.778. The quantitative estimate of drug-likeness (QED) is 0.596. The van der Waals surface area contributed by atoms with Gasteiger partial charge in [-0.05, 0) is 0 Å². The molecule has 0 aromatic carbocycles. The van der Waals surface area contributed by atoms with Crippen molar-refractivity contribution in [3.05, 3.63) is 17.5 Å². The number of hydrogen-bond donors (Lipinski definition) is 0. The smallest absolute Gasteiger partial charge is 0.274 e. The van der Waals surface area contributed by atoms with Crippen molar-refractivity contribution >= 4 is 0 Å². The Morgan fingerprint density at radius 1 is 1.58 bits per heavy atom. The van der Waals surface area contributed by atoms with Crippen LogP contribution in [0.2, 0.25) is 0 Å². The Morgan fingerprint density at radius 2 is 2.17 bits per heavy atom. The first-order valence-corrected chi connectivity index (χ1v) is 2.96. The van der Waals surface area contributed by atoms with E-state index in [1.54, 1.807) is 0 Å². The first-order valence-electron chi connectivity index (χ1n) is 2.96. The van der Waals surface area contributed by atoms with Crippen LogP contribution in [0.1, 0.15) is 11.3 Å². The molecule has 1 aromatic heterocycles. The third kappa shape index (κ3) is 1.39. The van der Waals surface area contributed by atoms with Crippen LogP contribution < -0.4 is 0 Å². The molecule has 1 rings (SSSR count). The van der Waals surface area contributed by atoms with Crippen molar-refractivity contribution < 1.29 is 13.2 Å². The molecule has 0 radical (unpaired) electrons. The van der Waals surface area contributed by atoms with Gasteiger partial charge in [-0.3, -0.25) is 4.68 Å². The maximum Gasteiger partial charge on any atom is 0.420 e. The minimum absolute atomic E-state index is 0.593. The highest BCUT2D eigenvalue weighted by Crippen LogP contribution is 2.30. The fourth-order valence-electron chi connectivity index (χ4n) is 0.778. The van der Waals surface area contributed by atoms with Gasteiger partial charge in [0.25, 0.3) is 0 Å². The van der Waals surface area contributed by atoms with E-state index in [4.69, 9.17) is 5.26 Å². The number of hydrogen-bond acceptors (Lipinski definition) is 2. The van der Waals surface area contributed by atoms with Crippen LogP contribution in [0.25, 0.3) is 0 Å². The van der Waals surface area contributed by atoms with E-state index in [1.807, 2.05) is 0 Å². The molecule has 0 fully saturated rings. The van der Waals surface area contributed by atoms with Crippen LogP contribution in [0.3, 0.4) is 0 Å². The van der Waals surface area contributed by atoms with Gasteiger partial charge in [0.2, 0.25) is 0 Å². The number of aryl methyl sites for hydroxylation is 1. The van der Waals surface area contributed by atoms with Crippen molar-refractivity contribution in [2.45, 2.75) is 6.18 Å². The van der Waals surface area contributed by atoms with Gasteiger partial charge in [-0.2, -0.15) is 23.5 Å². The Morgan fingerprint density at radius 3 is 2.50 bits per heavy atom. The van der Waals surface area contributed by atoms with Crippen molar-refractivity contribution in [1.82, 2.24) is 9.78 Å². The lowest BCUT2D eigenvalue weighted by Gasteiger charge is -2.00. The van der Waals surface area contributed by atoms with Crippen LogP contribution in [0, 0.1) is 11.3 Å². The van der Waals surface area contributed by atoms with E-state index in [9.17, 15) is 13.2 Å². The van der Waals surface area contributed by atoms with Gasteiger partial charge in [-0.1, -0.05) is 0 Å². The first-order chi connectivity index (χ1) is 5.45. The molecule has 1 heterocycles. The minimum atomic E-state index is -4.50. The number of rotatable bonds is 0. The molecule has 1 aromatic rings. The number of nitrogens with zero attached hydrogens (tertiary/aromatic N) is 3. The highest BCUT2D eigenvalue weighted by molar-refractivity contribution is 5.31. The molecule has 0 aliphatic carbocycles. The molecule has 6 heteroatoms. The molecule has 0 saturated heterocycles. The Kier molecular flexibility index (Phi) is 1.80. The average Bonchev–Trinajstić information content (AvgIpc) is 2.29. The van der Waals surface area contributed by atoms with Gasteiger partial charge in [0, 0.05) is 13.2 Å². The summed E-state index contributed by atoms with van der Waals surface area (Å²) in [7, 11) is 1.33. The highest BCUT2D eigenvalue weighted by atomic mass is 19.4. The van der Waals surface area contributed by atoms with Crippen LogP contribution in [0.4, 0.5) is 13.2 Å². The van der Waals surface area contributed by atoms with Crippen molar-refractivity contribution in [1.29, 1.82) is 5.26 Å². The van der Waals surface area contributed by atoms with Crippen LogP contribution in [-0.4, -0.2) is 9.78 Å². The Labute approximate surface area is 66.0 Å². The summed E-state index contributed by atoms with van der Waals surface area (Å²) in [4.78, 5) is 0. The van der Waals surface area contributed by atoms with E-state index in [0.717, 1.165) is 10.9 Å². The summed E-state index contributed by atoms with van der Waals surface area (Å²) in [6, 6.07) is 1.37. The molecule has 0 bridgehead atoms. The maximum atomic E-state index is 12.0. The zero-order valence-electron chi connectivity index (χ0n) is 6.05. The monoisotopic (exact) mass is 175 g/mol. The number of halogens is 3. The molecule has 64 valence electrons. The Balaban J connectivity index is 3.25. The SMILES string of the molecule is Cn1cc(C(F)(F)F)c(C#N)n1. The lowest BCUT2D eigenvalue weighted by atomic mass is 10.2. The average molecular weight is 175 g/mol. The molecule has 0 aliphatic heterocycles. The second kappa shape index (κ2) is 2.52. The third-order valence-corrected chi connectivity index (χ3v) is 1.24. The maximum absolute atomic E-state index is 12.0. The number of alkyl halides is 3. The van der Waals surface area contributed by atoms with E-state index in [0.29, 0.717) is 0 Å². The molecule has 3 nitrogen and oxygen atoms in total. The summed E-state index contributed by atoms with van der Waals surface area (Å²) in [5.41, 5.74) is -1.59. The predicted octanol–water partition coefficient (Wildman–Crippen LogP) is 1.31. The van der Waals surface area contributed by atoms with Gasteiger partial charge in [0.15, 0.2) is 5.69 Å². The van der Waals surface area contributed by atoms with Gasteiger partial charge < -0.3 is 0 Å². The van der Waals surface area contributed by atoms with Gasteiger partial charge in [-0.15, -0.1) is 0 Å². The van der Waals surface area contributed by atoms with Crippen LogP contribution in [0.15, 0.2) is 6.20 Å². The standard InChI is InChI=1S/C6H4F3N3/c1-12-3-4(6(7,8)9)5(2-10)11-12/h3H,1H3. The molecule has 0 saturated carbocycles. The van der Waals surface area contributed by atoms with Crippen molar-refractivity contribution in [3.8, 4) is 6.07 Å². The predicted molar refractivity (Wildman–Crippen MR) is 32.9 cm³/mol. The van der Waals surface area contributed by atoms with E-state index in [2.05, 4.69) is 5.10 Å². The summed E-state index contributed by atoms with van der Waals surface area (Å²) in [6.07, 6.45) is -3.72.